The molecule has 104 valence electrons. The first-order valence-electron chi connectivity index (χ1n) is 6.81. The number of benzene rings is 1. The van der Waals surface area contributed by atoms with Gasteiger partial charge in [0.15, 0.2) is 0 Å². The molecule has 1 aliphatic heterocycles. The molecule has 0 N–H and O–H groups in total. The van der Waals surface area contributed by atoms with Crippen LogP contribution in [0, 0.1) is 0 Å². The molecule has 0 amide bonds. The van der Waals surface area contributed by atoms with Gasteiger partial charge in [0, 0.05) is 19.6 Å². The Bertz CT molecular complexity index is 394. The van der Waals surface area contributed by atoms with E-state index in [1.165, 1.54) is 5.56 Å². The Balaban J connectivity index is 1.82. The molecule has 1 fully saturated rings. The van der Waals surface area contributed by atoms with Gasteiger partial charge in [-0.3, -0.25) is 9.69 Å². The molecule has 1 aromatic rings. The van der Waals surface area contributed by atoms with E-state index in [2.05, 4.69) is 17.0 Å². The molecule has 0 bridgehead atoms. The molecule has 1 atom stereocenters. The summed E-state index contributed by atoms with van der Waals surface area (Å²) in [5, 5.41) is 0. The molecule has 0 aliphatic carbocycles. The van der Waals surface area contributed by atoms with E-state index in [4.69, 9.17) is 9.47 Å². The zero-order chi connectivity index (χ0) is 13.5. The average molecular weight is 263 g/mol. The largest absolute Gasteiger partial charge is 0.466 e. The minimum absolute atomic E-state index is 0.0449. The number of morpholine rings is 1. The smallest absolute Gasteiger partial charge is 0.308 e. The number of carbonyl (C=O) groups is 1. The van der Waals surface area contributed by atoms with Crippen molar-refractivity contribution in [3.05, 3.63) is 35.9 Å². The van der Waals surface area contributed by atoms with E-state index in [9.17, 15) is 4.79 Å². The first-order valence-corrected chi connectivity index (χ1v) is 6.81. The molecule has 4 nitrogen and oxygen atoms in total. The van der Waals surface area contributed by atoms with Crippen LogP contribution in [0.3, 0.4) is 0 Å². The highest BCUT2D eigenvalue weighted by Gasteiger charge is 2.23. The SMILES string of the molecule is CCOC(=O)C[C@H]1CN(Cc2ccccc2)CCO1. The summed E-state index contributed by atoms with van der Waals surface area (Å²) in [6, 6.07) is 10.4. The fraction of sp³-hybridized carbons (Fsp3) is 0.533. The Kier molecular flexibility index (Phi) is 5.36. The predicted octanol–water partition coefficient (Wildman–Crippen LogP) is 1.84. The third kappa shape index (κ3) is 4.65. The lowest BCUT2D eigenvalue weighted by atomic mass is 10.1. The van der Waals surface area contributed by atoms with E-state index >= 15 is 0 Å². The molecule has 0 unspecified atom stereocenters. The number of rotatable bonds is 5. The van der Waals surface area contributed by atoms with Crippen LogP contribution >= 0.6 is 0 Å². The van der Waals surface area contributed by atoms with Gasteiger partial charge in [-0.2, -0.15) is 0 Å². The maximum Gasteiger partial charge on any atom is 0.308 e. The Morgan fingerprint density at radius 1 is 1.42 bits per heavy atom. The molecular weight excluding hydrogens is 242 g/mol. The highest BCUT2D eigenvalue weighted by atomic mass is 16.5. The Morgan fingerprint density at radius 2 is 2.21 bits per heavy atom. The number of esters is 1. The van der Waals surface area contributed by atoms with Crippen LogP contribution in [-0.4, -0.2) is 43.3 Å². The predicted molar refractivity (Wildman–Crippen MR) is 72.7 cm³/mol. The summed E-state index contributed by atoms with van der Waals surface area (Å²) in [7, 11) is 0. The molecule has 4 heteroatoms. The third-order valence-electron chi connectivity index (χ3n) is 3.17. The highest BCUT2D eigenvalue weighted by molar-refractivity contribution is 5.69. The summed E-state index contributed by atoms with van der Waals surface area (Å²) in [5.74, 6) is -0.172. The second-order valence-electron chi connectivity index (χ2n) is 4.72. The molecule has 0 radical (unpaired) electrons. The van der Waals surface area contributed by atoms with E-state index < -0.39 is 0 Å². The van der Waals surface area contributed by atoms with Crippen LogP contribution in [0.25, 0.3) is 0 Å². The van der Waals surface area contributed by atoms with Crippen LogP contribution in [0.15, 0.2) is 30.3 Å². The van der Waals surface area contributed by atoms with Crippen LogP contribution in [0.4, 0.5) is 0 Å². The molecule has 1 aromatic carbocycles. The van der Waals surface area contributed by atoms with E-state index in [0.717, 1.165) is 19.6 Å². The van der Waals surface area contributed by atoms with Crippen molar-refractivity contribution in [1.82, 2.24) is 4.90 Å². The fourth-order valence-electron chi connectivity index (χ4n) is 2.29. The van der Waals surface area contributed by atoms with E-state index in [-0.39, 0.29) is 12.1 Å². The third-order valence-corrected chi connectivity index (χ3v) is 3.17. The van der Waals surface area contributed by atoms with E-state index in [1.807, 2.05) is 25.1 Å². The fourth-order valence-corrected chi connectivity index (χ4v) is 2.29. The lowest BCUT2D eigenvalue weighted by molar-refractivity contribution is -0.148. The second kappa shape index (κ2) is 7.26. The van der Waals surface area contributed by atoms with Crippen molar-refractivity contribution in [3.8, 4) is 0 Å². The van der Waals surface area contributed by atoms with Crippen molar-refractivity contribution in [2.45, 2.75) is 26.0 Å². The van der Waals surface area contributed by atoms with Crippen LogP contribution < -0.4 is 0 Å². The molecule has 1 saturated heterocycles. The molecule has 0 spiro atoms. The minimum Gasteiger partial charge on any atom is -0.466 e. The van der Waals surface area contributed by atoms with Gasteiger partial charge in [0.2, 0.25) is 0 Å². The van der Waals surface area contributed by atoms with Gasteiger partial charge in [-0.25, -0.2) is 0 Å². The Morgan fingerprint density at radius 3 is 2.95 bits per heavy atom. The van der Waals surface area contributed by atoms with E-state index in [0.29, 0.717) is 19.6 Å². The molecule has 0 saturated carbocycles. The zero-order valence-electron chi connectivity index (χ0n) is 11.4. The van der Waals surface area contributed by atoms with Gasteiger partial charge < -0.3 is 9.47 Å². The molecule has 1 heterocycles. The summed E-state index contributed by atoms with van der Waals surface area (Å²) >= 11 is 0. The maximum absolute atomic E-state index is 11.5. The van der Waals surface area contributed by atoms with Gasteiger partial charge in [0.25, 0.3) is 0 Å². The van der Waals surface area contributed by atoms with Gasteiger partial charge >= 0.3 is 5.97 Å². The normalized spacial score (nSPS) is 20.2. The Labute approximate surface area is 114 Å². The minimum atomic E-state index is -0.172. The molecule has 0 aromatic heterocycles. The van der Waals surface area contributed by atoms with Crippen molar-refractivity contribution < 1.29 is 14.3 Å². The molecule has 19 heavy (non-hydrogen) atoms. The maximum atomic E-state index is 11.5. The molecule has 1 aliphatic rings. The number of hydrogen-bond acceptors (Lipinski definition) is 4. The van der Waals surface area contributed by atoms with Gasteiger partial charge in [0.1, 0.15) is 0 Å². The van der Waals surface area contributed by atoms with Gasteiger partial charge in [-0.15, -0.1) is 0 Å². The van der Waals surface area contributed by atoms with Crippen molar-refractivity contribution in [1.29, 1.82) is 0 Å². The molecule has 2 rings (SSSR count). The quantitative estimate of drug-likeness (QED) is 0.760. The topological polar surface area (TPSA) is 38.8 Å². The summed E-state index contributed by atoms with van der Waals surface area (Å²) in [6.45, 7) is 5.53. The van der Waals surface area contributed by atoms with Crippen LogP contribution in [0.5, 0.6) is 0 Å². The van der Waals surface area contributed by atoms with Crippen LogP contribution in [0.2, 0.25) is 0 Å². The second-order valence-corrected chi connectivity index (χ2v) is 4.72. The van der Waals surface area contributed by atoms with Crippen LogP contribution in [0.1, 0.15) is 18.9 Å². The monoisotopic (exact) mass is 263 g/mol. The average Bonchev–Trinajstić information content (AvgIpc) is 2.40. The summed E-state index contributed by atoms with van der Waals surface area (Å²) < 4.78 is 10.6. The number of ether oxygens (including phenoxy) is 2. The number of hydrogen-bond donors (Lipinski definition) is 0. The lowest BCUT2D eigenvalue weighted by Gasteiger charge is -2.32. The zero-order valence-corrected chi connectivity index (χ0v) is 11.4. The van der Waals surface area contributed by atoms with Crippen molar-refractivity contribution in [3.63, 3.8) is 0 Å². The lowest BCUT2D eigenvalue weighted by Crippen LogP contribution is -2.42. The summed E-state index contributed by atoms with van der Waals surface area (Å²) in [6.07, 6.45) is 0.301. The number of carbonyl (C=O) groups excluding carboxylic acids is 1. The summed E-state index contributed by atoms with van der Waals surface area (Å²) in [5.41, 5.74) is 1.29. The van der Waals surface area contributed by atoms with E-state index in [1.54, 1.807) is 0 Å². The van der Waals surface area contributed by atoms with Crippen molar-refractivity contribution in [2.75, 3.05) is 26.3 Å². The van der Waals surface area contributed by atoms with Gasteiger partial charge in [0.05, 0.1) is 25.7 Å². The molecular formula is C15H21NO3. The standard InChI is InChI=1S/C15H21NO3/c1-2-18-15(17)10-14-12-16(8-9-19-14)11-13-6-4-3-5-7-13/h3-7,14H,2,8-12H2,1H3/t14-/m0/s1. The number of nitrogens with zero attached hydrogens (tertiary/aromatic N) is 1. The summed E-state index contributed by atoms with van der Waals surface area (Å²) in [4.78, 5) is 13.8. The highest BCUT2D eigenvalue weighted by Crippen LogP contribution is 2.13. The van der Waals surface area contributed by atoms with Crippen molar-refractivity contribution in [2.24, 2.45) is 0 Å². The van der Waals surface area contributed by atoms with Crippen molar-refractivity contribution >= 4 is 5.97 Å². The van der Waals surface area contributed by atoms with Crippen LogP contribution in [-0.2, 0) is 20.8 Å². The first-order chi connectivity index (χ1) is 9.28. The van der Waals surface area contributed by atoms with Gasteiger partial charge in [-0.1, -0.05) is 30.3 Å². The van der Waals surface area contributed by atoms with Gasteiger partial charge in [-0.05, 0) is 12.5 Å². The Hall–Kier alpha value is -1.39. The first kappa shape index (κ1) is 14.0.